The lowest BCUT2D eigenvalue weighted by atomic mass is 10.1. The van der Waals surface area contributed by atoms with Gasteiger partial charge < -0.3 is 9.72 Å². The van der Waals surface area contributed by atoms with Gasteiger partial charge in [-0.15, -0.1) is 0 Å². The summed E-state index contributed by atoms with van der Waals surface area (Å²) in [5.74, 6) is -0.366. The summed E-state index contributed by atoms with van der Waals surface area (Å²) in [5, 5.41) is 11.5. The van der Waals surface area contributed by atoms with Crippen LogP contribution in [0.25, 0.3) is 16.9 Å². The number of aromatic nitrogens is 2. The number of hydrogen-bond acceptors (Lipinski definition) is 3. The Kier molecular flexibility index (Phi) is 5.13. The lowest BCUT2D eigenvalue weighted by Gasteiger charge is -2.07. The fourth-order valence-corrected chi connectivity index (χ4v) is 3.26. The molecule has 0 saturated heterocycles. The van der Waals surface area contributed by atoms with Gasteiger partial charge in [0, 0.05) is 29.2 Å². The topological polar surface area (TPSA) is 70.2 Å². The summed E-state index contributed by atoms with van der Waals surface area (Å²) in [7, 11) is 0. The van der Waals surface area contributed by atoms with Crippen molar-refractivity contribution in [1.29, 1.82) is 5.26 Å². The molecule has 0 saturated carbocycles. The van der Waals surface area contributed by atoms with Gasteiger partial charge in [-0.05, 0) is 42.5 Å². The third-order valence-electron chi connectivity index (χ3n) is 4.53. The number of fused-ring (bicyclic) bond motifs is 1. The quantitative estimate of drug-likeness (QED) is 0.438. The molecule has 5 nitrogen and oxygen atoms in total. The summed E-state index contributed by atoms with van der Waals surface area (Å²) in [4.78, 5) is 16.8. The number of rotatable bonds is 3. The summed E-state index contributed by atoms with van der Waals surface area (Å²) in [6, 6.07) is 15.7. The molecule has 0 aliphatic rings. The predicted molar refractivity (Wildman–Crippen MR) is 110 cm³/mol. The maximum Gasteiger partial charge on any atom is 0.417 e. The molecule has 31 heavy (non-hydrogen) atoms. The fourth-order valence-electron chi connectivity index (χ4n) is 3.01. The summed E-state index contributed by atoms with van der Waals surface area (Å²) in [6.45, 7) is 0. The molecular weight excluding hydrogens is 429 g/mol. The number of nitriles is 1. The van der Waals surface area contributed by atoms with Crippen molar-refractivity contribution in [2.45, 2.75) is 6.18 Å². The molecule has 0 aliphatic carbocycles. The molecule has 0 aliphatic heterocycles. The normalized spacial score (nSPS) is 11.3. The summed E-state index contributed by atoms with van der Waals surface area (Å²) in [6.07, 6.45) is -2.16. The number of pyridine rings is 1. The molecule has 0 radical (unpaired) electrons. The first-order chi connectivity index (χ1) is 14.7. The van der Waals surface area contributed by atoms with Gasteiger partial charge >= 0.3 is 6.18 Å². The fraction of sp³-hybridized carbons (Fsp3) is 0.0455. The summed E-state index contributed by atoms with van der Waals surface area (Å²) >= 11 is 6.00. The van der Waals surface area contributed by atoms with Gasteiger partial charge in [0.1, 0.15) is 0 Å². The van der Waals surface area contributed by atoms with E-state index in [1.54, 1.807) is 48.5 Å². The van der Waals surface area contributed by atoms with Crippen molar-refractivity contribution < 1.29 is 18.0 Å². The predicted octanol–water partition coefficient (Wildman–Crippen LogP) is 5.80. The molecule has 1 N–H and O–H groups in total. The van der Waals surface area contributed by atoms with Crippen LogP contribution in [-0.4, -0.2) is 15.3 Å². The Morgan fingerprint density at radius 3 is 2.52 bits per heavy atom. The molecule has 154 valence electrons. The van der Waals surface area contributed by atoms with Gasteiger partial charge in [0.15, 0.2) is 5.65 Å². The van der Waals surface area contributed by atoms with E-state index in [2.05, 4.69) is 10.3 Å². The Hall–Kier alpha value is -3.83. The maximum absolute atomic E-state index is 13.0. The van der Waals surface area contributed by atoms with Crippen LogP contribution < -0.4 is 5.32 Å². The molecule has 2 aromatic heterocycles. The van der Waals surface area contributed by atoms with Crippen molar-refractivity contribution in [2.24, 2.45) is 0 Å². The number of carbonyl (C=O) groups excluding carboxylic acids is 1. The zero-order chi connectivity index (χ0) is 22.2. The highest BCUT2D eigenvalue weighted by molar-refractivity contribution is 6.33. The molecule has 0 atom stereocenters. The van der Waals surface area contributed by atoms with Crippen molar-refractivity contribution in [1.82, 2.24) is 9.38 Å². The minimum absolute atomic E-state index is 0.119. The second-order valence-corrected chi connectivity index (χ2v) is 7.06. The van der Waals surface area contributed by atoms with Crippen LogP contribution in [0, 0.1) is 11.3 Å². The number of halogens is 4. The first kappa shape index (κ1) is 20.4. The Balaban J connectivity index is 1.63. The first-order valence-electron chi connectivity index (χ1n) is 8.92. The van der Waals surface area contributed by atoms with E-state index in [4.69, 9.17) is 16.9 Å². The minimum Gasteiger partial charge on any atom is -0.322 e. The number of amides is 1. The van der Waals surface area contributed by atoms with Crippen LogP contribution in [0.2, 0.25) is 5.02 Å². The second-order valence-electron chi connectivity index (χ2n) is 6.66. The van der Waals surface area contributed by atoms with Gasteiger partial charge in [-0.1, -0.05) is 23.7 Å². The Morgan fingerprint density at radius 2 is 1.84 bits per heavy atom. The van der Waals surface area contributed by atoms with Gasteiger partial charge in [-0.25, -0.2) is 4.98 Å². The summed E-state index contributed by atoms with van der Waals surface area (Å²) in [5.41, 5.74) is 1.60. The van der Waals surface area contributed by atoms with E-state index in [-0.39, 0.29) is 16.6 Å². The number of nitrogens with one attached hydrogen (secondary N) is 1. The van der Waals surface area contributed by atoms with Gasteiger partial charge in [0.05, 0.1) is 27.9 Å². The smallest absolute Gasteiger partial charge is 0.322 e. The molecule has 0 bridgehead atoms. The van der Waals surface area contributed by atoms with Crippen LogP contribution in [0.4, 0.5) is 18.9 Å². The summed E-state index contributed by atoms with van der Waals surface area (Å²) < 4.78 is 40.3. The van der Waals surface area contributed by atoms with Crippen LogP contribution in [0.5, 0.6) is 0 Å². The third-order valence-corrected chi connectivity index (χ3v) is 4.80. The molecule has 4 aromatic rings. The lowest BCUT2D eigenvalue weighted by molar-refractivity contribution is -0.137. The van der Waals surface area contributed by atoms with Gasteiger partial charge in [0.25, 0.3) is 5.91 Å². The van der Waals surface area contributed by atoms with Crippen LogP contribution >= 0.6 is 11.6 Å². The Labute approximate surface area is 179 Å². The minimum atomic E-state index is -4.53. The van der Waals surface area contributed by atoms with E-state index in [1.165, 1.54) is 10.6 Å². The van der Waals surface area contributed by atoms with Gasteiger partial charge in [-0.3, -0.25) is 4.79 Å². The van der Waals surface area contributed by atoms with E-state index in [0.717, 1.165) is 12.3 Å². The van der Waals surface area contributed by atoms with E-state index >= 15 is 0 Å². The van der Waals surface area contributed by atoms with E-state index in [9.17, 15) is 18.0 Å². The van der Waals surface area contributed by atoms with Crippen molar-refractivity contribution in [3.63, 3.8) is 0 Å². The highest BCUT2D eigenvalue weighted by Crippen LogP contribution is 2.33. The van der Waals surface area contributed by atoms with E-state index < -0.39 is 11.7 Å². The largest absolute Gasteiger partial charge is 0.417 e. The molecule has 0 fully saturated rings. The number of alkyl halides is 3. The molecule has 4 rings (SSSR count). The maximum atomic E-state index is 13.0. The van der Waals surface area contributed by atoms with Crippen molar-refractivity contribution in [3.8, 4) is 17.3 Å². The van der Waals surface area contributed by atoms with Crippen LogP contribution in [-0.2, 0) is 6.18 Å². The standard InChI is InChI=1S/C22H12ClF3N4O/c23-18-9-16(22(24,25)26)11-30-12-19(29-20(18)30)15-2-1-3-17(8-15)28-21(31)14-6-4-13(10-27)5-7-14/h1-9,11-12H,(H,28,31). The Bertz CT molecular complexity index is 1340. The SMILES string of the molecule is N#Cc1ccc(C(=O)Nc2cccc(-c3cn4cc(C(F)(F)F)cc(Cl)c4n3)c2)cc1. The molecule has 1 amide bonds. The molecule has 2 heterocycles. The van der Waals surface area contributed by atoms with Gasteiger partial charge in [0.2, 0.25) is 0 Å². The highest BCUT2D eigenvalue weighted by atomic mass is 35.5. The average Bonchev–Trinajstić information content (AvgIpc) is 3.18. The molecule has 9 heteroatoms. The first-order valence-corrected chi connectivity index (χ1v) is 9.30. The van der Waals surface area contributed by atoms with Crippen LogP contribution in [0.15, 0.2) is 67.0 Å². The molecular formula is C22H12ClF3N4O. The molecule has 0 spiro atoms. The van der Waals surface area contributed by atoms with Crippen LogP contribution in [0.1, 0.15) is 21.5 Å². The number of carbonyl (C=O) groups is 1. The molecule has 0 unspecified atom stereocenters. The lowest BCUT2D eigenvalue weighted by Crippen LogP contribution is -2.11. The highest BCUT2D eigenvalue weighted by Gasteiger charge is 2.32. The second kappa shape index (κ2) is 7.78. The average molecular weight is 441 g/mol. The number of hydrogen-bond donors (Lipinski definition) is 1. The monoisotopic (exact) mass is 440 g/mol. The zero-order valence-electron chi connectivity index (χ0n) is 15.6. The Morgan fingerprint density at radius 1 is 1.10 bits per heavy atom. The number of nitrogens with zero attached hydrogens (tertiary/aromatic N) is 3. The zero-order valence-corrected chi connectivity index (χ0v) is 16.4. The van der Waals surface area contributed by atoms with Crippen molar-refractivity contribution >= 4 is 28.8 Å². The van der Waals surface area contributed by atoms with E-state index in [1.807, 2.05) is 6.07 Å². The molecule has 2 aromatic carbocycles. The third kappa shape index (κ3) is 4.22. The van der Waals surface area contributed by atoms with Gasteiger partial charge in [-0.2, -0.15) is 18.4 Å². The van der Waals surface area contributed by atoms with Crippen molar-refractivity contribution in [2.75, 3.05) is 5.32 Å². The number of imidazole rings is 1. The van der Waals surface area contributed by atoms with E-state index in [0.29, 0.717) is 28.1 Å². The number of benzene rings is 2. The van der Waals surface area contributed by atoms with Crippen LogP contribution in [0.3, 0.4) is 0 Å². The number of anilines is 1. The van der Waals surface area contributed by atoms with Crippen molar-refractivity contribution in [3.05, 3.63) is 88.7 Å².